The number of rotatable bonds is 3. The summed E-state index contributed by atoms with van der Waals surface area (Å²) in [5, 5.41) is 0.789. The van der Waals surface area contributed by atoms with Crippen LogP contribution in [0.3, 0.4) is 0 Å². The summed E-state index contributed by atoms with van der Waals surface area (Å²) < 4.78 is 0. The van der Waals surface area contributed by atoms with Crippen LogP contribution in [0, 0.1) is 6.92 Å². The van der Waals surface area contributed by atoms with Crippen LogP contribution in [0.1, 0.15) is 28.8 Å². The molecule has 148 valence electrons. The first-order chi connectivity index (χ1) is 13.6. The predicted molar refractivity (Wildman–Crippen MR) is 115 cm³/mol. The Balaban J connectivity index is 1.36. The summed E-state index contributed by atoms with van der Waals surface area (Å²) in [6.07, 6.45) is 2.26. The molecular formula is C23H28ClN3O. The molecule has 0 spiro atoms. The zero-order valence-corrected chi connectivity index (χ0v) is 17.2. The highest BCUT2D eigenvalue weighted by Crippen LogP contribution is 2.24. The molecule has 2 aromatic carbocycles. The van der Waals surface area contributed by atoms with Gasteiger partial charge in [0.05, 0.1) is 0 Å². The van der Waals surface area contributed by atoms with Crippen LogP contribution in [0.4, 0.5) is 5.69 Å². The van der Waals surface area contributed by atoms with Crippen LogP contribution in [0.15, 0.2) is 48.5 Å². The molecule has 0 radical (unpaired) electrons. The molecule has 0 saturated carbocycles. The number of anilines is 1. The molecule has 1 atom stereocenters. The molecule has 28 heavy (non-hydrogen) atoms. The van der Waals surface area contributed by atoms with E-state index < -0.39 is 0 Å². The Morgan fingerprint density at radius 1 is 1.00 bits per heavy atom. The highest BCUT2D eigenvalue weighted by atomic mass is 35.5. The second kappa shape index (κ2) is 8.54. The lowest BCUT2D eigenvalue weighted by Crippen LogP contribution is -2.55. The number of piperazine rings is 1. The Morgan fingerprint density at radius 3 is 2.54 bits per heavy atom. The van der Waals surface area contributed by atoms with Gasteiger partial charge in [-0.15, -0.1) is 0 Å². The number of carbonyl (C=O) groups excluding carboxylic acids is 1. The van der Waals surface area contributed by atoms with Gasteiger partial charge in [-0.25, -0.2) is 0 Å². The Bertz CT molecular complexity index is 832. The summed E-state index contributed by atoms with van der Waals surface area (Å²) in [5.41, 5.74) is 3.15. The van der Waals surface area contributed by atoms with E-state index in [9.17, 15) is 4.79 Å². The third-order valence-corrected chi connectivity index (χ3v) is 6.19. The van der Waals surface area contributed by atoms with E-state index in [4.69, 9.17) is 11.6 Å². The van der Waals surface area contributed by atoms with Crippen LogP contribution in [0.2, 0.25) is 5.02 Å². The minimum absolute atomic E-state index is 0.172. The molecule has 0 aliphatic carbocycles. The molecule has 0 N–H and O–H groups in total. The van der Waals surface area contributed by atoms with Crippen molar-refractivity contribution in [3.8, 4) is 0 Å². The molecule has 0 aromatic heterocycles. The van der Waals surface area contributed by atoms with Gasteiger partial charge in [-0.2, -0.15) is 0 Å². The van der Waals surface area contributed by atoms with E-state index in [0.29, 0.717) is 6.04 Å². The number of carbonyl (C=O) groups is 1. The molecule has 2 aliphatic rings. The Kier molecular flexibility index (Phi) is 5.88. The summed E-state index contributed by atoms with van der Waals surface area (Å²) in [5.74, 6) is 0.172. The van der Waals surface area contributed by atoms with Crippen molar-refractivity contribution in [3.05, 3.63) is 64.7 Å². The minimum atomic E-state index is 0.172. The van der Waals surface area contributed by atoms with Gasteiger partial charge >= 0.3 is 0 Å². The molecule has 4 rings (SSSR count). The summed E-state index contributed by atoms with van der Waals surface area (Å²) in [4.78, 5) is 20.0. The second-order valence-corrected chi connectivity index (χ2v) is 8.36. The topological polar surface area (TPSA) is 26.8 Å². The maximum atomic E-state index is 12.9. The van der Waals surface area contributed by atoms with E-state index >= 15 is 0 Å². The van der Waals surface area contributed by atoms with Crippen molar-refractivity contribution in [2.75, 3.05) is 44.2 Å². The van der Waals surface area contributed by atoms with E-state index in [1.54, 1.807) is 0 Å². The van der Waals surface area contributed by atoms with Crippen LogP contribution in [-0.4, -0.2) is 61.0 Å². The summed E-state index contributed by atoms with van der Waals surface area (Å²) >= 11 is 6.15. The zero-order valence-electron chi connectivity index (χ0n) is 16.5. The van der Waals surface area contributed by atoms with Gasteiger partial charge in [0, 0.05) is 61.6 Å². The highest BCUT2D eigenvalue weighted by molar-refractivity contribution is 6.30. The molecule has 1 amide bonds. The lowest BCUT2D eigenvalue weighted by atomic mass is 10.0. The first kappa shape index (κ1) is 19.3. The normalized spacial score (nSPS) is 21.0. The summed E-state index contributed by atoms with van der Waals surface area (Å²) in [6.45, 7) is 7.81. The Hall–Kier alpha value is -2.04. The number of benzene rings is 2. The molecule has 0 bridgehead atoms. The highest BCUT2D eigenvalue weighted by Gasteiger charge is 2.30. The van der Waals surface area contributed by atoms with Crippen LogP contribution in [0.5, 0.6) is 0 Å². The Labute approximate surface area is 172 Å². The van der Waals surface area contributed by atoms with Gasteiger partial charge in [0.1, 0.15) is 0 Å². The molecule has 2 heterocycles. The zero-order chi connectivity index (χ0) is 19.5. The van der Waals surface area contributed by atoms with E-state index in [1.165, 1.54) is 12.1 Å². The summed E-state index contributed by atoms with van der Waals surface area (Å²) in [6, 6.07) is 16.5. The first-order valence-electron chi connectivity index (χ1n) is 10.2. The van der Waals surface area contributed by atoms with Gasteiger partial charge in [0.25, 0.3) is 5.91 Å². The third kappa shape index (κ3) is 4.34. The molecule has 5 heteroatoms. The van der Waals surface area contributed by atoms with Gasteiger partial charge in [0.2, 0.25) is 0 Å². The van der Waals surface area contributed by atoms with Crippen molar-refractivity contribution >= 4 is 23.2 Å². The number of hydrogen-bond donors (Lipinski definition) is 0. The van der Waals surface area contributed by atoms with Crippen molar-refractivity contribution < 1.29 is 4.79 Å². The summed E-state index contributed by atoms with van der Waals surface area (Å²) in [7, 11) is 0. The monoisotopic (exact) mass is 397 g/mol. The Morgan fingerprint density at radius 2 is 1.79 bits per heavy atom. The van der Waals surface area contributed by atoms with E-state index in [-0.39, 0.29) is 5.91 Å². The number of hydrogen-bond acceptors (Lipinski definition) is 3. The van der Waals surface area contributed by atoms with Crippen LogP contribution in [-0.2, 0) is 0 Å². The van der Waals surface area contributed by atoms with Gasteiger partial charge in [-0.05, 0) is 50.1 Å². The quantitative estimate of drug-likeness (QED) is 0.780. The lowest BCUT2D eigenvalue weighted by Gasteiger charge is -2.44. The lowest BCUT2D eigenvalue weighted by molar-refractivity contribution is 0.0563. The van der Waals surface area contributed by atoms with Crippen molar-refractivity contribution in [1.82, 2.24) is 9.80 Å². The maximum absolute atomic E-state index is 12.9. The fraction of sp³-hybridized carbons (Fsp3) is 0.435. The maximum Gasteiger partial charge on any atom is 0.253 e. The van der Waals surface area contributed by atoms with E-state index in [1.807, 2.05) is 54.3 Å². The molecule has 2 aliphatic heterocycles. The van der Waals surface area contributed by atoms with Crippen LogP contribution >= 0.6 is 11.6 Å². The predicted octanol–water partition coefficient (Wildman–Crippen LogP) is 4.08. The van der Waals surface area contributed by atoms with Gasteiger partial charge in [-0.3, -0.25) is 9.69 Å². The van der Waals surface area contributed by atoms with Gasteiger partial charge in [0.15, 0.2) is 0 Å². The number of aryl methyl sites for hydroxylation is 1. The molecule has 2 fully saturated rings. The molecular weight excluding hydrogens is 370 g/mol. The van der Waals surface area contributed by atoms with Gasteiger partial charge in [-0.1, -0.05) is 35.4 Å². The van der Waals surface area contributed by atoms with Crippen LogP contribution < -0.4 is 4.90 Å². The third-order valence-electron chi connectivity index (χ3n) is 5.95. The fourth-order valence-electron chi connectivity index (χ4n) is 4.42. The van der Waals surface area contributed by atoms with Crippen LogP contribution in [0.25, 0.3) is 0 Å². The molecule has 0 unspecified atom stereocenters. The number of halogens is 1. The molecule has 4 nitrogen and oxygen atoms in total. The number of piperidine rings is 1. The SMILES string of the molecule is Cc1cccc(C(=O)N2CCC[C@H](N3CCN(c4cccc(Cl)c4)CC3)C2)c1. The average Bonchev–Trinajstić information content (AvgIpc) is 2.73. The van der Waals surface area contributed by atoms with E-state index in [0.717, 1.165) is 61.8 Å². The van der Waals surface area contributed by atoms with Crippen molar-refractivity contribution in [2.24, 2.45) is 0 Å². The average molecular weight is 398 g/mol. The smallest absolute Gasteiger partial charge is 0.253 e. The van der Waals surface area contributed by atoms with Crippen molar-refractivity contribution in [3.63, 3.8) is 0 Å². The fourth-order valence-corrected chi connectivity index (χ4v) is 4.60. The van der Waals surface area contributed by atoms with Gasteiger partial charge < -0.3 is 9.80 Å². The minimum Gasteiger partial charge on any atom is -0.369 e. The largest absolute Gasteiger partial charge is 0.369 e. The molecule has 2 aromatic rings. The standard InChI is InChI=1S/C23H28ClN3O/c1-18-5-2-6-19(15-18)23(28)27-10-4-9-22(17-27)26-13-11-25(12-14-26)21-8-3-7-20(24)16-21/h2-3,5-8,15-16,22H,4,9-14,17H2,1H3/t22-/m0/s1. The first-order valence-corrected chi connectivity index (χ1v) is 10.6. The second-order valence-electron chi connectivity index (χ2n) is 7.92. The number of likely N-dealkylation sites (tertiary alicyclic amines) is 1. The van der Waals surface area contributed by atoms with Crippen molar-refractivity contribution in [1.29, 1.82) is 0 Å². The van der Waals surface area contributed by atoms with E-state index in [2.05, 4.69) is 15.9 Å². The van der Waals surface area contributed by atoms with Crippen molar-refractivity contribution in [2.45, 2.75) is 25.8 Å². The number of amides is 1. The molecule has 2 saturated heterocycles. The number of nitrogens with zero attached hydrogens (tertiary/aromatic N) is 3.